The summed E-state index contributed by atoms with van der Waals surface area (Å²) in [7, 11) is 0. The van der Waals surface area contributed by atoms with Gasteiger partial charge in [-0.1, -0.05) is 13.8 Å². The minimum atomic E-state index is -1.44. The number of hydrogen-bond donors (Lipinski definition) is 1. The van der Waals surface area contributed by atoms with Crippen LogP contribution < -0.4 is 0 Å². The topological polar surface area (TPSA) is 54.4 Å². The fraction of sp³-hybridized carbons (Fsp3) is 0.818. The molecule has 1 rings (SSSR count). The van der Waals surface area contributed by atoms with E-state index in [1.54, 1.807) is 0 Å². The van der Waals surface area contributed by atoms with E-state index in [4.69, 9.17) is 0 Å². The lowest BCUT2D eigenvalue weighted by molar-refractivity contribution is -0.141. The molecule has 1 N–H and O–H groups in total. The lowest BCUT2D eigenvalue weighted by atomic mass is 9.79. The van der Waals surface area contributed by atoms with E-state index in [1.807, 2.05) is 13.8 Å². The number of Topliss-reactive ketones (excluding diaryl/α,β-unsaturated/α-hetero) is 2. The molecular weight excluding hydrogens is 180 g/mol. The normalized spacial score (nSPS) is 38.0. The van der Waals surface area contributed by atoms with Gasteiger partial charge in [0.25, 0.3) is 0 Å². The Bertz CT molecular complexity index is 266. The highest BCUT2D eigenvalue weighted by Crippen LogP contribution is 2.41. The zero-order valence-electron chi connectivity index (χ0n) is 9.20. The Kier molecular flexibility index (Phi) is 2.81. The molecule has 3 nitrogen and oxygen atoms in total. The molecule has 14 heavy (non-hydrogen) atoms. The largest absolute Gasteiger partial charge is 0.382 e. The van der Waals surface area contributed by atoms with E-state index in [0.29, 0.717) is 6.42 Å². The van der Waals surface area contributed by atoms with Crippen molar-refractivity contribution >= 4 is 11.6 Å². The van der Waals surface area contributed by atoms with Gasteiger partial charge in [0.2, 0.25) is 0 Å². The predicted molar refractivity (Wildman–Crippen MR) is 52.7 cm³/mol. The van der Waals surface area contributed by atoms with Gasteiger partial charge in [-0.3, -0.25) is 9.59 Å². The lowest BCUT2D eigenvalue weighted by Gasteiger charge is -2.27. The molecule has 0 aromatic heterocycles. The third kappa shape index (κ3) is 1.61. The number of hydrogen-bond acceptors (Lipinski definition) is 3. The smallest absolute Gasteiger partial charge is 0.165 e. The lowest BCUT2D eigenvalue weighted by Crippen LogP contribution is -2.42. The van der Waals surface area contributed by atoms with Crippen LogP contribution in [0.25, 0.3) is 0 Å². The zero-order valence-corrected chi connectivity index (χ0v) is 9.20. The second-order valence-electron chi connectivity index (χ2n) is 4.77. The van der Waals surface area contributed by atoms with Crippen molar-refractivity contribution in [3.8, 4) is 0 Å². The van der Waals surface area contributed by atoms with Crippen LogP contribution in [0, 0.1) is 17.8 Å². The summed E-state index contributed by atoms with van der Waals surface area (Å²) in [5.74, 6) is -0.553. The van der Waals surface area contributed by atoms with E-state index in [-0.39, 0.29) is 23.4 Å². The van der Waals surface area contributed by atoms with Crippen LogP contribution in [0.4, 0.5) is 0 Å². The van der Waals surface area contributed by atoms with E-state index in [2.05, 4.69) is 0 Å². The highest BCUT2D eigenvalue weighted by atomic mass is 16.3. The first-order chi connectivity index (χ1) is 6.28. The fourth-order valence-corrected chi connectivity index (χ4v) is 2.45. The Balaban J connectivity index is 3.04. The van der Waals surface area contributed by atoms with Crippen LogP contribution in [0.3, 0.4) is 0 Å². The first-order valence-corrected chi connectivity index (χ1v) is 5.04. The van der Waals surface area contributed by atoms with Gasteiger partial charge in [0, 0.05) is 6.42 Å². The molecule has 1 aliphatic rings. The maximum absolute atomic E-state index is 11.5. The van der Waals surface area contributed by atoms with E-state index >= 15 is 0 Å². The van der Waals surface area contributed by atoms with Gasteiger partial charge >= 0.3 is 0 Å². The molecule has 0 bridgehead atoms. The van der Waals surface area contributed by atoms with Crippen LogP contribution in [-0.4, -0.2) is 22.3 Å². The molecule has 1 saturated carbocycles. The molecule has 0 aliphatic heterocycles. The van der Waals surface area contributed by atoms with Gasteiger partial charge in [0.1, 0.15) is 11.4 Å². The number of ketones is 2. The molecule has 3 atom stereocenters. The second kappa shape index (κ2) is 3.46. The van der Waals surface area contributed by atoms with Gasteiger partial charge in [-0.25, -0.2) is 0 Å². The number of rotatable bonds is 2. The predicted octanol–water partition coefficient (Wildman–Crippen LogP) is 1.19. The monoisotopic (exact) mass is 198 g/mol. The molecule has 80 valence electrons. The van der Waals surface area contributed by atoms with Gasteiger partial charge < -0.3 is 5.11 Å². The van der Waals surface area contributed by atoms with Crippen molar-refractivity contribution in [1.82, 2.24) is 0 Å². The molecular formula is C11H18O3. The van der Waals surface area contributed by atoms with Crippen molar-refractivity contribution in [3.63, 3.8) is 0 Å². The summed E-state index contributed by atoms with van der Waals surface area (Å²) in [5.41, 5.74) is -1.44. The van der Waals surface area contributed by atoms with Crippen LogP contribution >= 0.6 is 0 Å². The van der Waals surface area contributed by atoms with Gasteiger partial charge in [-0.05, 0) is 25.7 Å². The SMILES string of the molecule is CC(=O)[C@H]1[C@H](C(C)C)CC(=O)[C@]1(C)O. The van der Waals surface area contributed by atoms with Crippen molar-refractivity contribution in [2.45, 2.75) is 39.7 Å². The summed E-state index contributed by atoms with van der Waals surface area (Å²) < 4.78 is 0. The first-order valence-electron chi connectivity index (χ1n) is 5.04. The van der Waals surface area contributed by atoms with Crippen LogP contribution in [0.1, 0.15) is 34.1 Å². The number of aliphatic hydroxyl groups is 1. The van der Waals surface area contributed by atoms with Gasteiger partial charge in [0.05, 0.1) is 5.92 Å². The maximum Gasteiger partial charge on any atom is 0.165 e. The summed E-state index contributed by atoms with van der Waals surface area (Å²) in [6.45, 7) is 6.88. The molecule has 1 aliphatic carbocycles. The van der Waals surface area contributed by atoms with Crippen LogP contribution in [0.5, 0.6) is 0 Å². The quantitative estimate of drug-likeness (QED) is 0.725. The highest BCUT2D eigenvalue weighted by molar-refractivity contribution is 5.97. The summed E-state index contributed by atoms with van der Waals surface area (Å²) in [5, 5.41) is 9.94. The molecule has 0 aromatic carbocycles. The summed E-state index contributed by atoms with van der Waals surface area (Å²) in [6, 6.07) is 0. The van der Waals surface area contributed by atoms with Gasteiger partial charge in [0.15, 0.2) is 5.78 Å². The summed E-state index contributed by atoms with van der Waals surface area (Å²) in [4.78, 5) is 22.9. The molecule has 0 heterocycles. The molecule has 1 fully saturated rings. The molecule has 0 radical (unpaired) electrons. The molecule has 0 aromatic rings. The van der Waals surface area contributed by atoms with Crippen molar-refractivity contribution in [2.75, 3.05) is 0 Å². The standard InChI is InChI=1S/C11H18O3/c1-6(2)8-5-9(13)11(4,14)10(8)7(3)12/h6,8,10,14H,5H2,1-4H3/t8-,10-,11-/m0/s1. The van der Waals surface area contributed by atoms with Crippen molar-refractivity contribution < 1.29 is 14.7 Å². The third-order valence-electron chi connectivity index (χ3n) is 3.31. The minimum Gasteiger partial charge on any atom is -0.382 e. The van der Waals surface area contributed by atoms with Gasteiger partial charge in [-0.2, -0.15) is 0 Å². The van der Waals surface area contributed by atoms with Crippen molar-refractivity contribution in [3.05, 3.63) is 0 Å². The highest BCUT2D eigenvalue weighted by Gasteiger charge is 2.53. The molecule has 0 amide bonds. The number of carbonyl (C=O) groups excluding carboxylic acids is 2. The summed E-state index contributed by atoms with van der Waals surface area (Å²) in [6.07, 6.45) is 0.328. The third-order valence-corrected chi connectivity index (χ3v) is 3.31. The fourth-order valence-electron chi connectivity index (χ4n) is 2.45. The van der Waals surface area contributed by atoms with E-state index in [0.717, 1.165) is 0 Å². The molecule has 0 spiro atoms. The van der Waals surface area contributed by atoms with Gasteiger partial charge in [-0.15, -0.1) is 0 Å². The first kappa shape index (κ1) is 11.4. The zero-order chi connectivity index (χ0) is 11.1. The van der Waals surface area contributed by atoms with E-state index < -0.39 is 11.5 Å². The maximum atomic E-state index is 11.5. The average molecular weight is 198 g/mol. The molecule has 0 saturated heterocycles. The second-order valence-corrected chi connectivity index (χ2v) is 4.77. The van der Waals surface area contributed by atoms with Crippen LogP contribution in [0.2, 0.25) is 0 Å². The van der Waals surface area contributed by atoms with Crippen molar-refractivity contribution in [1.29, 1.82) is 0 Å². The average Bonchev–Trinajstić information content (AvgIpc) is 2.23. The Morgan fingerprint density at radius 1 is 1.57 bits per heavy atom. The van der Waals surface area contributed by atoms with E-state index in [9.17, 15) is 14.7 Å². The Morgan fingerprint density at radius 2 is 2.07 bits per heavy atom. The van der Waals surface area contributed by atoms with E-state index in [1.165, 1.54) is 13.8 Å². The molecule has 3 heteroatoms. The Hall–Kier alpha value is -0.700. The van der Waals surface area contributed by atoms with Crippen LogP contribution in [0.15, 0.2) is 0 Å². The Morgan fingerprint density at radius 3 is 2.36 bits per heavy atom. The minimum absolute atomic E-state index is 0.00463. The summed E-state index contributed by atoms with van der Waals surface area (Å²) >= 11 is 0. The number of carbonyl (C=O) groups is 2. The molecule has 0 unspecified atom stereocenters. The van der Waals surface area contributed by atoms with Crippen LogP contribution in [-0.2, 0) is 9.59 Å². The van der Waals surface area contributed by atoms with Crippen molar-refractivity contribution in [2.24, 2.45) is 17.8 Å². The Labute approximate surface area is 84.5 Å².